The predicted octanol–water partition coefficient (Wildman–Crippen LogP) is 2.55. The Morgan fingerprint density at radius 3 is 2.27 bits per heavy atom. The summed E-state index contributed by atoms with van der Waals surface area (Å²) in [6.07, 6.45) is 4.81. The molecule has 0 atom stereocenters. The molecule has 0 saturated heterocycles. The molecule has 0 N–H and O–H groups in total. The standard InChI is InChI=1S/C10H22N/c1-5-8-11(6-2)9-7-10(3)4/h9-10H,5-8H2,1-4H3/q+1. The molecule has 1 heteroatoms. The van der Waals surface area contributed by atoms with E-state index in [9.17, 15) is 0 Å². The van der Waals surface area contributed by atoms with Gasteiger partial charge in [-0.3, -0.25) is 0 Å². The van der Waals surface area contributed by atoms with Crippen molar-refractivity contribution in [2.24, 2.45) is 5.92 Å². The van der Waals surface area contributed by atoms with Gasteiger partial charge in [-0.25, -0.2) is 4.58 Å². The van der Waals surface area contributed by atoms with E-state index in [1.807, 2.05) is 0 Å². The molecule has 0 bridgehead atoms. The Morgan fingerprint density at radius 2 is 1.91 bits per heavy atom. The van der Waals surface area contributed by atoms with E-state index in [0.717, 1.165) is 12.5 Å². The average molecular weight is 156 g/mol. The molecule has 11 heavy (non-hydrogen) atoms. The van der Waals surface area contributed by atoms with E-state index in [2.05, 4.69) is 38.5 Å². The summed E-state index contributed by atoms with van der Waals surface area (Å²) in [7, 11) is 0. The lowest BCUT2D eigenvalue weighted by Crippen LogP contribution is -2.14. The summed E-state index contributed by atoms with van der Waals surface area (Å²) in [4.78, 5) is 0. The van der Waals surface area contributed by atoms with E-state index in [4.69, 9.17) is 0 Å². The summed E-state index contributed by atoms with van der Waals surface area (Å²) in [6, 6.07) is 0. The van der Waals surface area contributed by atoms with Crippen molar-refractivity contribution >= 4 is 6.21 Å². The highest BCUT2D eigenvalue weighted by Gasteiger charge is 1.98. The molecule has 0 radical (unpaired) electrons. The summed E-state index contributed by atoms with van der Waals surface area (Å²) in [5.74, 6) is 0.793. The molecule has 66 valence electrons. The van der Waals surface area contributed by atoms with Gasteiger partial charge in [-0.05, 0) is 12.8 Å². The summed E-state index contributed by atoms with van der Waals surface area (Å²) >= 11 is 0. The summed E-state index contributed by atoms with van der Waals surface area (Å²) in [5, 5.41) is 0. The van der Waals surface area contributed by atoms with Crippen LogP contribution in [0.25, 0.3) is 0 Å². The average Bonchev–Trinajstić information content (AvgIpc) is 1.97. The van der Waals surface area contributed by atoms with E-state index in [0.29, 0.717) is 0 Å². The summed E-state index contributed by atoms with van der Waals surface area (Å²) < 4.78 is 2.40. The molecule has 0 unspecified atom stereocenters. The van der Waals surface area contributed by atoms with Gasteiger partial charge in [-0.15, -0.1) is 0 Å². The molecule has 0 saturated carbocycles. The fraction of sp³-hybridized carbons (Fsp3) is 0.900. The van der Waals surface area contributed by atoms with Gasteiger partial charge in [0.25, 0.3) is 0 Å². The van der Waals surface area contributed by atoms with Crippen molar-refractivity contribution in [3.8, 4) is 0 Å². The summed E-state index contributed by atoms with van der Waals surface area (Å²) in [6.45, 7) is 11.3. The molecule has 0 aromatic carbocycles. The highest BCUT2D eigenvalue weighted by atomic mass is 15.0. The Kier molecular flexibility index (Phi) is 6.19. The van der Waals surface area contributed by atoms with Crippen LogP contribution in [0.4, 0.5) is 0 Å². The van der Waals surface area contributed by atoms with Crippen LogP contribution < -0.4 is 0 Å². The number of hydrogen-bond acceptors (Lipinski definition) is 0. The minimum atomic E-state index is 0.793. The second kappa shape index (κ2) is 6.38. The van der Waals surface area contributed by atoms with Crippen molar-refractivity contribution in [2.45, 2.75) is 40.5 Å². The Balaban J connectivity index is 3.70. The zero-order valence-electron chi connectivity index (χ0n) is 8.43. The highest BCUT2D eigenvalue weighted by molar-refractivity contribution is 5.51. The van der Waals surface area contributed by atoms with E-state index in [-0.39, 0.29) is 0 Å². The van der Waals surface area contributed by atoms with Crippen molar-refractivity contribution in [3.05, 3.63) is 0 Å². The Morgan fingerprint density at radius 1 is 1.27 bits per heavy atom. The lowest BCUT2D eigenvalue weighted by atomic mass is 10.1. The van der Waals surface area contributed by atoms with E-state index >= 15 is 0 Å². The SMILES string of the molecule is CCC[N+](=CCC(C)C)CC. The molecule has 0 aromatic heterocycles. The first kappa shape index (κ1) is 10.7. The molecule has 0 amide bonds. The monoisotopic (exact) mass is 156 g/mol. The van der Waals surface area contributed by atoms with Gasteiger partial charge in [0.2, 0.25) is 0 Å². The van der Waals surface area contributed by atoms with Crippen LogP contribution in [-0.2, 0) is 0 Å². The molecule has 0 aromatic rings. The maximum absolute atomic E-state index is 2.40. The molecule has 1 nitrogen and oxygen atoms in total. The smallest absolute Gasteiger partial charge is 0.142 e. The molecule has 0 aliphatic carbocycles. The fourth-order valence-electron chi connectivity index (χ4n) is 1.03. The first-order valence-corrected chi connectivity index (χ1v) is 4.78. The van der Waals surface area contributed by atoms with Crippen LogP contribution in [0.15, 0.2) is 0 Å². The Hall–Kier alpha value is -0.330. The normalized spacial score (nSPS) is 12.6. The van der Waals surface area contributed by atoms with E-state index in [1.165, 1.54) is 19.4 Å². The van der Waals surface area contributed by atoms with Crippen molar-refractivity contribution < 1.29 is 4.58 Å². The lowest BCUT2D eigenvalue weighted by Gasteiger charge is -2.00. The second-order valence-corrected chi connectivity index (χ2v) is 3.44. The van der Waals surface area contributed by atoms with Crippen LogP contribution >= 0.6 is 0 Å². The predicted molar refractivity (Wildman–Crippen MR) is 51.5 cm³/mol. The molecule has 0 aliphatic rings. The first-order chi connectivity index (χ1) is 5.20. The molecule has 0 spiro atoms. The highest BCUT2D eigenvalue weighted by Crippen LogP contribution is 1.95. The Labute approximate surface area is 71.1 Å². The van der Waals surface area contributed by atoms with E-state index in [1.54, 1.807) is 0 Å². The van der Waals surface area contributed by atoms with Gasteiger partial charge in [0, 0.05) is 12.8 Å². The van der Waals surface area contributed by atoms with Crippen LogP contribution in [0.3, 0.4) is 0 Å². The molecule has 0 heterocycles. The number of nitrogens with zero attached hydrogens (tertiary/aromatic N) is 1. The maximum Gasteiger partial charge on any atom is 0.142 e. The zero-order chi connectivity index (χ0) is 8.69. The third-order valence-corrected chi connectivity index (χ3v) is 1.75. The first-order valence-electron chi connectivity index (χ1n) is 4.78. The minimum absolute atomic E-state index is 0.793. The largest absolute Gasteiger partial charge is 0.240 e. The van der Waals surface area contributed by atoms with Crippen LogP contribution in [-0.4, -0.2) is 23.9 Å². The minimum Gasteiger partial charge on any atom is -0.240 e. The van der Waals surface area contributed by atoms with Gasteiger partial charge < -0.3 is 0 Å². The third-order valence-electron chi connectivity index (χ3n) is 1.75. The topological polar surface area (TPSA) is 3.01 Å². The Bertz CT molecular complexity index is 114. The van der Waals surface area contributed by atoms with Crippen molar-refractivity contribution in [1.29, 1.82) is 0 Å². The van der Waals surface area contributed by atoms with Crippen LogP contribution in [0.1, 0.15) is 40.5 Å². The fourth-order valence-corrected chi connectivity index (χ4v) is 1.03. The van der Waals surface area contributed by atoms with Gasteiger partial charge in [0.1, 0.15) is 19.3 Å². The van der Waals surface area contributed by atoms with Crippen molar-refractivity contribution in [3.63, 3.8) is 0 Å². The zero-order valence-corrected chi connectivity index (χ0v) is 8.43. The molecule has 0 fully saturated rings. The van der Waals surface area contributed by atoms with Gasteiger partial charge in [0.05, 0.1) is 0 Å². The molecule has 0 aliphatic heterocycles. The third kappa shape index (κ3) is 6.08. The number of rotatable bonds is 5. The van der Waals surface area contributed by atoms with Gasteiger partial charge in [-0.1, -0.05) is 20.8 Å². The van der Waals surface area contributed by atoms with Crippen LogP contribution in [0.2, 0.25) is 0 Å². The van der Waals surface area contributed by atoms with Gasteiger partial charge >= 0.3 is 0 Å². The molecular weight excluding hydrogens is 134 g/mol. The molecular formula is C10H22N+. The lowest BCUT2D eigenvalue weighted by molar-refractivity contribution is -0.521. The maximum atomic E-state index is 2.40. The quantitative estimate of drug-likeness (QED) is 0.425. The van der Waals surface area contributed by atoms with Gasteiger partial charge in [-0.2, -0.15) is 0 Å². The van der Waals surface area contributed by atoms with Crippen LogP contribution in [0, 0.1) is 5.92 Å². The summed E-state index contributed by atoms with van der Waals surface area (Å²) in [5.41, 5.74) is 0. The van der Waals surface area contributed by atoms with Crippen molar-refractivity contribution in [1.82, 2.24) is 0 Å². The number of hydrogen-bond donors (Lipinski definition) is 0. The molecule has 0 rings (SSSR count). The van der Waals surface area contributed by atoms with E-state index < -0.39 is 0 Å². The van der Waals surface area contributed by atoms with Gasteiger partial charge in [0.15, 0.2) is 0 Å². The van der Waals surface area contributed by atoms with Crippen molar-refractivity contribution in [2.75, 3.05) is 13.1 Å². The van der Waals surface area contributed by atoms with Crippen LogP contribution in [0.5, 0.6) is 0 Å². The second-order valence-electron chi connectivity index (χ2n) is 3.44.